The normalized spacial score (nSPS) is 12.9. The fourth-order valence-corrected chi connectivity index (χ4v) is 1.93. The summed E-state index contributed by atoms with van der Waals surface area (Å²) >= 11 is 0. The fraction of sp³-hybridized carbons (Fsp3) is 0.385. The molecule has 1 aromatic carbocycles. The van der Waals surface area contributed by atoms with Crippen molar-refractivity contribution >= 4 is 0 Å². The van der Waals surface area contributed by atoms with Gasteiger partial charge in [-0.3, -0.25) is 0 Å². The molecule has 0 aliphatic carbocycles. The zero-order valence-corrected chi connectivity index (χ0v) is 11.0. The van der Waals surface area contributed by atoms with Gasteiger partial charge >= 0.3 is 0 Å². The van der Waals surface area contributed by atoms with Gasteiger partial charge in [0, 0.05) is 24.1 Å². The van der Waals surface area contributed by atoms with Gasteiger partial charge in [-0.25, -0.2) is 22.8 Å². The van der Waals surface area contributed by atoms with Crippen LogP contribution in [-0.4, -0.2) is 19.9 Å². The third-order valence-electron chi connectivity index (χ3n) is 2.91. The second-order valence-corrected chi connectivity index (χ2v) is 4.72. The summed E-state index contributed by atoms with van der Waals surface area (Å²) in [7, 11) is 0. The van der Waals surface area contributed by atoms with E-state index in [2.05, 4.69) is 10.1 Å². The average Bonchev–Trinajstić information content (AvgIpc) is 2.81. The molecule has 0 radical (unpaired) electrons. The van der Waals surface area contributed by atoms with E-state index in [4.69, 9.17) is 0 Å². The van der Waals surface area contributed by atoms with Crippen LogP contribution >= 0.6 is 0 Å². The summed E-state index contributed by atoms with van der Waals surface area (Å²) < 4.78 is 41.1. The van der Waals surface area contributed by atoms with E-state index in [0.29, 0.717) is 18.0 Å². The molecule has 0 aliphatic rings. The topological polar surface area (TPSA) is 50.9 Å². The highest BCUT2D eigenvalue weighted by Gasteiger charge is 2.20. The Kier molecular flexibility index (Phi) is 4.08. The zero-order valence-electron chi connectivity index (χ0n) is 11.0. The molecule has 1 unspecified atom stereocenters. The molecule has 2 rings (SSSR count). The first kappa shape index (κ1) is 14.5. The Morgan fingerprint density at radius 2 is 1.80 bits per heavy atom. The molecule has 0 amide bonds. The fourth-order valence-electron chi connectivity index (χ4n) is 1.93. The van der Waals surface area contributed by atoms with Crippen LogP contribution in [0.15, 0.2) is 18.5 Å². The molecule has 1 N–H and O–H groups in total. The van der Waals surface area contributed by atoms with Crippen LogP contribution in [0, 0.1) is 17.5 Å². The molecule has 0 saturated carbocycles. The number of nitrogens with zero attached hydrogens (tertiary/aromatic N) is 3. The summed E-state index contributed by atoms with van der Waals surface area (Å²) in [6.45, 7) is 3.76. The van der Waals surface area contributed by atoms with Gasteiger partial charge in [0.1, 0.15) is 18.0 Å². The Hall–Kier alpha value is -1.89. The second kappa shape index (κ2) is 5.62. The van der Waals surface area contributed by atoms with Crippen LogP contribution in [0.1, 0.15) is 37.4 Å². The molecule has 0 aliphatic heterocycles. The van der Waals surface area contributed by atoms with Crippen molar-refractivity contribution in [2.24, 2.45) is 0 Å². The van der Waals surface area contributed by atoms with E-state index in [1.807, 2.05) is 13.8 Å². The van der Waals surface area contributed by atoms with Gasteiger partial charge in [0.15, 0.2) is 11.6 Å². The lowest BCUT2D eigenvalue weighted by molar-refractivity contribution is 0.168. The lowest BCUT2D eigenvalue weighted by Gasteiger charge is -2.14. The van der Waals surface area contributed by atoms with Crippen molar-refractivity contribution in [3.63, 3.8) is 0 Å². The highest BCUT2D eigenvalue weighted by atomic mass is 19.2. The minimum atomic E-state index is -1.33. The SMILES string of the molecule is CC(C)n1ncnc1CC(O)c1cc(F)c(F)cc1F. The van der Waals surface area contributed by atoms with E-state index in [9.17, 15) is 18.3 Å². The number of rotatable bonds is 4. The van der Waals surface area contributed by atoms with Crippen molar-refractivity contribution in [3.8, 4) is 0 Å². The van der Waals surface area contributed by atoms with Crippen molar-refractivity contribution in [1.29, 1.82) is 0 Å². The minimum absolute atomic E-state index is 0.0227. The van der Waals surface area contributed by atoms with Gasteiger partial charge in [-0.05, 0) is 19.9 Å². The van der Waals surface area contributed by atoms with E-state index in [-0.39, 0.29) is 18.0 Å². The van der Waals surface area contributed by atoms with Crippen LogP contribution in [0.3, 0.4) is 0 Å². The third-order valence-corrected chi connectivity index (χ3v) is 2.91. The number of hydrogen-bond acceptors (Lipinski definition) is 3. The van der Waals surface area contributed by atoms with Crippen LogP contribution in [0.4, 0.5) is 13.2 Å². The van der Waals surface area contributed by atoms with Crippen molar-refractivity contribution in [2.75, 3.05) is 0 Å². The van der Waals surface area contributed by atoms with Crippen molar-refractivity contribution in [3.05, 3.63) is 47.3 Å². The average molecular weight is 285 g/mol. The van der Waals surface area contributed by atoms with Crippen molar-refractivity contribution in [2.45, 2.75) is 32.4 Å². The maximum atomic E-state index is 13.6. The van der Waals surface area contributed by atoms with Crippen LogP contribution in [0.2, 0.25) is 0 Å². The Morgan fingerprint density at radius 3 is 2.45 bits per heavy atom. The maximum absolute atomic E-state index is 13.6. The molecule has 0 fully saturated rings. The Morgan fingerprint density at radius 1 is 1.15 bits per heavy atom. The van der Waals surface area contributed by atoms with Gasteiger partial charge in [-0.15, -0.1) is 0 Å². The molecule has 20 heavy (non-hydrogen) atoms. The summed E-state index contributed by atoms with van der Waals surface area (Å²) in [6, 6.07) is 1.10. The molecule has 108 valence electrons. The zero-order chi connectivity index (χ0) is 14.9. The molecular weight excluding hydrogens is 271 g/mol. The van der Waals surface area contributed by atoms with Gasteiger partial charge in [0.25, 0.3) is 0 Å². The second-order valence-electron chi connectivity index (χ2n) is 4.72. The summed E-state index contributed by atoms with van der Waals surface area (Å²) in [5.41, 5.74) is -0.304. The largest absolute Gasteiger partial charge is 0.388 e. The molecule has 2 aromatic rings. The first-order chi connectivity index (χ1) is 9.40. The van der Waals surface area contributed by atoms with Gasteiger partial charge in [-0.2, -0.15) is 5.10 Å². The number of benzene rings is 1. The maximum Gasteiger partial charge on any atom is 0.161 e. The molecule has 0 saturated heterocycles. The number of halogens is 3. The predicted molar refractivity (Wildman–Crippen MR) is 65.4 cm³/mol. The molecular formula is C13H14F3N3O. The van der Waals surface area contributed by atoms with E-state index < -0.39 is 23.6 Å². The molecule has 1 heterocycles. The molecule has 1 atom stereocenters. The Balaban J connectivity index is 2.26. The summed E-state index contributed by atoms with van der Waals surface area (Å²) in [4.78, 5) is 3.97. The summed E-state index contributed by atoms with van der Waals surface area (Å²) in [5, 5.41) is 14.0. The predicted octanol–water partition coefficient (Wildman–Crippen LogP) is 2.55. The summed E-state index contributed by atoms with van der Waals surface area (Å²) in [5.74, 6) is -3.04. The summed E-state index contributed by atoms with van der Waals surface area (Å²) in [6.07, 6.45) is -0.0455. The molecule has 7 heteroatoms. The number of aliphatic hydroxyl groups is 1. The highest BCUT2D eigenvalue weighted by molar-refractivity contribution is 5.23. The molecule has 0 bridgehead atoms. The van der Waals surface area contributed by atoms with Crippen molar-refractivity contribution in [1.82, 2.24) is 14.8 Å². The molecule has 4 nitrogen and oxygen atoms in total. The lowest BCUT2D eigenvalue weighted by atomic mass is 10.1. The number of hydrogen-bond donors (Lipinski definition) is 1. The Labute approximate surface area is 113 Å². The van der Waals surface area contributed by atoms with E-state index in [1.54, 1.807) is 4.68 Å². The van der Waals surface area contributed by atoms with Gasteiger partial charge in [-0.1, -0.05) is 0 Å². The van der Waals surface area contributed by atoms with Crippen LogP contribution in [0.25, 0.3) is 0 Å². The number of aliphatic hydroxyl groups excluding tert-OH is 1. The molecule has 0 spiro atoms. The first-order valence-electron chi connectivity index (χ1n) is 6.11. The lowest BCUT2D eigenvalue weighted by Crippen LogP contribution is -2.13. The molecule has 1 aromatic heterocycles. The Bertz CT molecular complexity index is 613. The van der Waals surface area contributed by atoms with Gasteiger partial charge in [0.05, 0.1) is 6.10 Å². The third kappa shape index (κ3) is 2.82. The van der Waals surface area contributed by atoms with Crippen molar-refractivity contribution < 1.29 is 18.3 Å². The quantitative estimate of drug-likeness (QED) is 0.878. The highest BCUT2D eigenvalue weighted by Crippen LogP contribution is 2.23. The standard InChI is InChI=1S/C13H14F3N3O/c1-7(2)19-13(17-6-18-19)5-12(20)8-3-10(15)11(16)4-9(8)14/h3-4,6-7,12,20H,5H2,1-2H3. The monoisotopic (exact) mass is 285 g/mol. The smallest absolute Gasteiger partial charge is 0.161 e. The minimum Gasteiger partial charge on any atom is -0.388 e. The van der Waals surface area contributed by atoms with Crippen LogP contribution in [0.5, 0.6) is 0 Å². The van der Waals surface area contributed by atoms with Crippen LogP contribution < -0.4 is 0 Å². The van der Waals surface area contributed by atoms with Crippen LogP contribution in [-0.2, 0) is 6.42 Å². The number of aromatic nitrogens is 3. The van der Waals surface area contributed by atoms with Gasteiger partial charge in [0.2, 0.25) is 0 Å². The first-order valence-corrected chi connectivity index (χ1v) is 6.11. The van der Waals surface area contributed by atoms with E-state index in [1.165, 1.54) is 6.33 Å². The van der Waals surface area contributed by atoms with E-state index in [0.717, 1.165) is 0 Å². The van der Waals surface area contributed by atoms with E-state index >= 15 is 0 Å². The van der Waals surface area contributed by atoms with Gasteiger partial charge < -0.3 is 5.11 Å².